The molecule has 10 heteroatoms. The molecule has 1 aromatic carbocycles. The zero-order chi connectivity index (χ0) is 15.6. The molecule has 0 bridgehead atoms. The van der Waals surface area contributed by atoms with E-state index in [4.69, 9.17) is 5.73 Å². The molecule has 0 amide bonds. The van der Waals surface area contributed by atoms with Gasteiger partial charge in [-0.3, -0.25) is 0 Å². The molecule has 2 rings (SSSR count). The van der Waals surface area contributed by atoms with Crippen molar-refractivity contribution in [3.8, 4) is 5.69 Å². The minimum atomic E-state index is -0.927. The van der Waals surface area contributed by atoms with Gasteiger partial charge in [0, 0.05) is 11.0 Å². The number of hydrogen-bond acceptors (Lipinski definition) is 3. The Labute approximate surface area is 137 Å². The third kappa shape index (κ3) is 3.60. The van der Waals surface area contributed by atoms with Crippen molar-refractivity contribution in [1.82, 2.24) is 14.3 Å². The Bertz CT molecular complexity index is 736. The highest BCUT2D eigenvalue weighted by Crippen LogP contribution is 2.21. The quantitative estimate of drug-likeness (QED) is 0.858. The molecule has 0 aliphatic rings. The fourth-order valence-corrected chi connectivity index (χ4v) is 2.10. The van der Waals surface area contributed by atoms with Gasteiger partial charge in [-0.2, -0.15) is 5.10 Å². The molecule has 0 unspecified atom stereocenters. The summed E-state index contributed by atoms with van der Waals surface area (Å²) in [7, 11) is 0. The Morgan fingerprint density at radius 2 is 1.95 bits per heavy atom. The van der Waals surface area contributed by atoms with Gasteiger partial charge >= 0.3 is 5.69 Å². The molecule has 120 valence electrons. The number of halogens is 5. The van der Waals surface area contributed by atoms with Gasteiger partial charge in [-0.1, -0.05) is 15.9 Å². The minimum absolute atomic E-state index is 0. The summed E-state index contributed by atoms with van der Waals surface area (Å²) in [5.41, 5.74) is 4.05. The summed E-state index contributed by atoms with van der Waals surface area (Å²) in [6.45, 7) is -0.296. The number of rotatable bonds is 4. The van der Waals surface area contributed by atoms with Gasteiger partial charge in [0.05, 0.1) is 12.9 Å². The molecular weight excluding hydrogens is 389 g/mol. The van der Waals surface area contributed by atoms with E-state index in [-0.39, 0.29) is 41.9 Å². The average molecular weight is 400 g/mol. The van der Waals surface area contributed by atoms with Gasteiger partial charge in [-0.25, -0.2) is 27.2 Å². The zero-order valence-corrected chi connectivity index (χ0v) is 13.4. The van der Waals surface area contributed by atoms with E-state index in [1.165, 1.54) is 0 Å². The molecule has 0 spiro atoms. The summed E-state index contributed by atoms with van der Waals surface area (Å²) in [5, 5.41) is 3.69. The summed E-state index contributed by atoms with van der Waals surface area (Å²) >= 11 is 2.94. The highest BCUT2D eigenvalue weighted by Gasteiger charge is 2.17. The largest absolute Gasteiger partial charge is 0.350 e. The number of nitrogens with two attached hydrogens (primary N) is 1. The Balaban J connectivity index is 0.00000242. The number of hydrogen-bond donors (Lipinski definition) is 1. The van der Waals surface area contributed by atoms with Gasteiger partial charge in [0.25, 0.3) is 0 Å². The first kappa shape index (κ1) is 18.5. The summed E-state index contributed by atoms with van der Waals surface area (Å²) < 4.78 is 41.9. The fourth-order valence-electron chi connectivity index (χ4n) is 1.70. The predicted molar refractivity (Wildman–Crippen MR) is 80.9 cm³/mol. The number of benzene rings is 1. The van der Waals surface area contributed by atoms with E-state index < -0.39 is 23.0 Å². The summed E-state index contributed by atoms with van der Waals surface area (Å²) in [6, 6.07) is 2.05. The Hall–Kier alpha value is -1.58. The van der Waals surface area contributed by atoms with Gasteiger partial charge in [0.1, 0.15) is 12.0 Å². The summed E-state index contributed by atoms with van der Waals surface area (Å²) in [6.07, 6.45) is 1.23. The smallest absolute Gasteiger partial charge is 0.327 e. The standard InChI is InChI=1S/C12H10BrF3N4O.ClH/c13-8-1-9(15)11(10(16)2-8)19-6-18-20(12(19)21)5-7(3-14)4-17;/h1-3,6H,4-5,17H2;1H/b7-3-;. The van der Waals surface area contributed by atoms with E-state index in [0.29, 0.717) is 4.57 Å². The molecule has 0 aliphatic carbocycles. The summed E-state index contributed by atoms with van der Waals surface area (Å²) in [4.78, 5) is 12.1. The van der Waals surface area contributed by atoms with Crippen molar-refractivity contribution in [1.29, 1.82) is 0 Å². The highest BCUT2D eigenvalue weighted by atomic mass is 79.9. The third-order valence-electron chi connectivity index (χ3n) is 2.73. The van der Waals surface area contributed by atoms with E-state index in [2.05, 4.69) is 21.0 Å². The first-order chi connectivity index (χ1) is 9.97. The SMILES string of the molecule is Cl.NC/C(=C/F)Cn1ncn(-c2c(F)cc(Br)cc2F)c1=O. The Morgan fingerprint density at radius 3 is 2.45 bits per heavy atom. The second-order valence-corrected chi connectivity index (χ2v) is 5.05. The average Bonchev–Trinajstić information content (AvgIpc) is 2.77. The van der Waals surface area contributed by atoms with Crippen LogP contribution in [0.3, 0.4) is 0 Å². The normalized spacial score (nSPS) is 11.4. The third-order valence-corrected chi connectivity index (χ3v) is 3.18. The summed E-state index contributed by atoms with van der Waals surface area (Å²) in [5.74, 6) is -1.85. The van der Waals surface area contributed by atoms with E-state index in [1.807, 2.05) is 0 Å². The molecule has 0 radical (unpaired) electrons. The molecule has 1 heterocycles. The predicted octanol–water partition coefficient (Wildman–Crippen LogP) is 2.31. The molecule has 22 heavy (non-hydrogen) atoms. The lowest BCUT2D eigenvalue weighted by Crippen LogP contribution is -2.26. The van der Waals surface area contributed by atoms with Crippen molar-refractivity contribution in [2.24, 2.45) is 5.73 Å². The van der Waals surface area contributed by atoms with E-state index in [9.17, 15) is 18.0 Å². The molecule has 5 nitrogen and oxygen atoms in total. The van der Waals surface area contributed by atoms with Crippen molar-refractivity contribution in [2.75, 3.05) is 6.54 Å². The van der Waals surface area contributed by atoms with Gasteiger partial charge in [-0.05, 0) is 17.7 Å². The number of nitrogens with zero attached hydrogens (tertiary/aromatic N) is 3. The van der Waals surface area contributed by atoms with Crippen LogP contribution in [-0.2, 0) is 6.54 Å². The van der Waals surface area contributed by atoms with Gasteiger partial charge in [-0.15, -0.1) is 12.4 Å². The van der Waals surface area contributed by atoms with Crippen LogP contribution in [-0.4, -0.2) is 20.9 Å². The Morgan fingerprint density at radius 1 is 1.36 bits per heavy atom. The van der Waals surface area contributed by atoms with E-state index in [1.54, 1.807) is 0 Å². The maximum absolute atomic E-state index is 13.8. The molecule has 2 N–H and O–H groups in total. The Kier molecular flexibility index (Phi) is 6.39. The van der Waals surface area contributed by atoms with E-state index >= 15 is 0 Å². The van der Waals surface area contributed by atoms with Gasteiger partial charge in [0.15, 0.2) is 11.6 Å². The molecule has 0 saturated carbocycles. The second-order valence-electron chi connectivity index (χ2n) is 4.13. The van der Waals surface area contributed by atoms with Gasteiger partial charge in [0.2, 0.25) is 0 Å². The molecule has 1 aromatic heterocycles. The molecule has 0 saturated heterocycles. The molecular formula is C12H11BrClF3N4O. The van der Waals surface area contributed by atoms with Crippen LogP contribution in [0.25, 0.3) is 5.69 Å². The lowest BCUT2D eigenvalue weighted by atomic mass is 10.3. The van der Waals surface area contributed by atoms with Crippen molar-refractivity contribution < 1.29 is 13.2 Å². The van der Waals surface area contributed by atoms with Crippen molar-refractivity contribution in [3.05, 3.63) is 57.0 Å². The maximum atomic E-state index is 13.8. The highest BCUT2D eigenvalue weighted by molar-refractivity contribution is 9.10. The number of aromatic nitrogens is 3. The second kappa shape index (κ2) is 7.61. The van der Waals surface area contributed by atoms with Crippen LogP contribution in [0.1, 0.15) is 0 Å². The van der Waals surface area contributed by atoms with Crippen LogP contribution >= 0.6 is 28.3 Å². The topological polar surface area (TPSA) is 65.8 Å². The maximum Gasteiger partial charge on any atom is 0.350 e. The molecule has 0 atom stereocenters. The molecule has 0 aliphatic heterocycles. The first-order valence-electron chi connectivity index (χ1n) is 5.75. The van der Waals surface area contributed by atoms with E-state index in [0.717, 1.165) is 23.1 Å². The van der Waals surface area contributed by atoms with Crippen LogP contribution in [0.15, 0.2) is 39.6 Å². The lowest BCUT2D eigenvalue weighted by molar-refractivity contribution is 0.561. The lowest BCUT2D eigenvalue weighted by Gasteiger charge is -2.05. The van der Waals surface area contributed by atoms with Crippen LogP contribution in [0.2, 0.25) is 0 Å². The van der Waals surface area contributed by atoms with Crippen LogP contribution in [0.5, 0.6) is 0 Å². The van der Waals surface area contributed by atoms with Crippen LogP contribution < -0.4 is 11.4 Å². The zero-order valence-electron chi connectivity index (χ0n) is 11.0. The van der Waals surface area contributed by atoms with Crippen molar-refractivity contribution in [2.45, 2.75) is 6.54 Å². The molecule has 0 fully saturated rings. The first-order valence-corrected chi connectivity index (χ1v) is 6.54. The van der Waals surface area contributed by atoms with Gasteiger partial charge < -0.3 is 5.73 Å². The molecule has 2 aromatic rings. The van der Waals surface area contributed by atoms with Crippen LogP contribution in [0, 0.1) is 11.6 Å². The monoisotopic (exact) mass is 398 g/mol. The van der Waals surface area contributed by atoms with Crippen molar-refractivity contribution in [3.63, 3.8) is 0 Å². The minimum Gasteiger partial charge on any atom is -0.327 e. The van der Waals surface area contributed by atoms with Crippen molar-refractivity contribution >= 4 is 28.3 Å². The fraction of sp³-hybridized carbons (Fsp3) is 0.167. The van der Waals surface area contributed by atoms with Crippen LogP contribution in [0.4, 0.5) is 13.2 Å².